The number of rotatable bonds is 3. The highest BCUT2D eigenvalue weighted by molar-refractivity contribution is 5.32. The summed E-state index contributed by atoms with van der Waals surface area (Å²) in [4.78, 5) is 0. The van der Waals surface area contributed by atoms with Gasteiger partial charge in [0.25, 0.3) is 5.92 Å². The normalized spacial score (nSPS) is 16.7. The Morgan fingerprint density at radius 3 is 2.20 bits per heavy atom. The van der Waals surface area contributed by atoms with Crippen LogP contribution in [0, 0.1) is 5.92 Å². The van der Waals surface area contributed by atoms with E-state index in [1.54, 1.807) is 0 Å². The van der Waals surface area contributed by atoms with Crippen molar-refractivity contribution in [1.29, 1.82) is 0 Å². The number of fused-ring (bicyclic) bond motifs is 1. The van der Waals surface area contributed by atoms with E-state index in [9.17, 15) is 8.78 Å². The maximum absolute atomic E-state index is 13.1. The highest BCUT2D eigenvalue weighted by atomic mass is 19.3. The number of hydrogen-bond donors (Lipinski definition) is 1. The number of halogens is 2. The fourth-order valence-electron chi connectivity index (χ4n) is 2.30. The Kier molecular flexibility index (Phi) is 2.74. The third-order valence-electron chi connectivity index (χ3n) is 3.02. The molecule has 15 heavy (non-hydrogen) atoms. The van der Waals surface area contributed by atoms with Gasteiger partial charge < -0.3 is 5.73 Å². The van der Waals surface area contributed by atoms with Crippen molar-refractivity contribution >= 4 is 0 Å². The van der Waals surface area contributed by atoms with Crippen molar-refractivity contribution in [2.24, 2.45) is 11.7 Å². The van der Waals surface area contributed by atoms with Gasteiger partial charge in [0.2, 0.25) is 0 Å². The van der Waals surface area contributed by atoms with Crippen LogP contribution in [-0.2, 0) is 12.8 Å². The number of hydrogen-bond acceptors (Lipinski definition) is 1. The lowest BCUT2D eigenvalue weighted by Crippen LogP contribution is -2.30. The number of nitrogens with two attached hydrogens (primary N) is 1. The van der Waals surface area contributed by atoms with E-state index in [0.29, 0.717) is 0 Å². The minimum absolute atomic E-state index is 0.0564. The van der Waals surface area contributed by atoms with Gasteiger partial charge in [-0.3, -0.25) is 0 Å². The highest BCUT2D eigenvalue weighted by Crippen LogP contribution is 2.33. The second kappa shape index (κ2) is 3.89. The molecule has 1 aliphatic rings. The fraction of sp³-hybridized carbons (Fsp3) is 0.500. The van der Waals surface area contributed by atoms with Gasteiger partial charge in [-0.15, -0.1) is 0 Å². The zero-order chi connectivity index (χ0) is 10.9. The molecule has 0 spiro atoms. The molecule has 2 rings (SSSR count). The molecule has 2 N–H and O–H groups in total. The number of benzene rings is 1. The Balaban J connectivity index is 2.02. The topological polar surface area (TPSA) is 26.0 Å². The third kappa shape index (κ3) is 2.34. The van der Waals surface area contributed by atoms with Gasteiger partial charge >= 0.3 is 0 Å². The average Bonchev–Trinajstić information content (AvgIpc) is 2.58. The summed E-state index contributed by atoms with van der Waals surface area (Å²) in [6.45, 7) is -0.542. The lowest BCUT2D eigenvalue weighted by molar-refractivity contribution is -0.0124. The molecule has 1 aromatic rings. The summed E-state index contributed by atoms with van der Waals surface area (Å²) in [5.74, 6) is -2.65. The van der Waals surface area contributed by atoms with Gasteiger partial charge in [0.15, 0.2) is 0 Å². The van der Waals surface area contributed by atoms with Crippen LogP contribution in [0.25, 0.3) is 0 Å². The van der Waals surface area contributed by atoms with E-state index >= 15 is 0 Å². The lowest BCUT2D eigenvalue weighted by Gasteiger charge is -2.17. The molecule has 3 heteroatoms. The van der Waals surface area contributed by atoms with E-state index in [0.717, 1.165) is 12.8 Å². The maximum atomic E-state index is 13.1. The minimum Gasteiger partial charge on any atom is -0.325 e. The predicted octanol–water partition coefficient (Wildman–Crippen LogP) is 2.39. The number of alkyl halides is 2. The van der Waals surface area contributed by atoms with E-state index in [2.05, 4.69) is 0 Å². The van der Waals surface area contributed by atoms with Crippen LogP contribution in [0.4, 0.5) is 8.78 Å². The van der Waals surface area contributed by atoms with Crippen molar-refractivity contribution in [3.63, 3.8) is 0 Å². The van der Waals surface area contributed by atoms with Crippen molar-refractivity contribution in [2.45, 2.75) is 25.2 Å². The Labute approximate surface area is 88.3 Å². The second-order valence-electron chi connectivity index (χ2n) is 4.31. The van der Waals surface area contributed by atoms with Crippen LogP contribution in [0.15, 0.2) is 24.3 Å². The first-order chi connectivity index (χ1) is 7.11. The molecule has 0 heterocycles. The van der Waals surface area contributed by atoms with Crippen molar-refractivity contribution < 1.29 is 8.78 Å². The van der Waals surface area contributed by atoms with E-state index in [-0.39, 0.29) is 12.3 Å². The summed E-state index contributed by atoms with van der Waals surface area (Å²) in [5.41, 5.74) is 7.48. The first-order valence-corrected chi connectivity index (χ1v) is 5.25. The van der Waals surface area contributed by atoms with Crippen LogP contribution in [0.3, 0.4) is 0 Å². The van der Waals surface area contributed by atoms with Gasteiger partial charge in [-0.1, -0.05) is 24.3 Å². The van der Waals surface area contributed by atoms with Crippen molar-refractivity contribution in [1.82, 2.24) is 0 Å². The summed E-state index contributed by atoms with van der Waals surface area (Å²) in [6, 6.07) is 7.97. The second-order valence-corrected chi connectivity index (χ2v) is 4.31. The molecule has 82 valence electrons. The van der Waals surface area contributed by atoms with Gasteiger partial charge in [0.05, 0.1) is 6.54 Å². The van der Waals surface area contributed by atoms with Crippen molar-refractivity contribution in [3.8, 4) is 0 Å². The van der Waals surface area contributed by atoms with Crippen molar-refractivity contribution in [3.05, 3.63) is 35.4 Å². The van der Waals surface area contributed by atoms with Crippen LogP contribution in [0.5, 0.6) is 0 Å². The van der Waals surface area contributed by atoms with Gasteiger partial charge in [0, 0.05) is 6.42 Å². The van der Waals surface area contributed by atoms with Gasteiger partial charge in [0.1, 0.15) is 0 Å². The third-order valence-corrected chi connectivity index (χ3v) is 3.02. The van der Waals surface area contributed by atoms with E-state index in [1.165, 1.54) is 11.1 Å². The zero-order valence-corrected chi connectivity index (χ0v) is 8.55. The molecular formula is C12H15F2N. The molecule has 0 bridgehead atoms. The SMILES string of the molecule is NCC(F)(F)CC1Cc2ccccc2C1. The quantitative estimate of drug-likeness (QED) is 0.816. The molecule has 0 fully saturated rings. The molecule has 0 unspecified atom stereocenters. The van der Waals surface area contributed by atoms with E-state index < -0.39 is 12.5 Å². The highest BCUT2D eigenvalue weighted by Gasteiger charge is 2.33. The minimum atomic E-state index is -2.70. The van der Waals surface area contributed by atoms with Crippen LogP contribution in [0.2, 0.25) is 0 Å². The van der Waals surface area contributed by atoms with Gasteiger partial charge in [-0.2, -0.15) is 0 Å². The van der Waals surface area contributed by atoms with Crippen LogP contribution < -0.4 is 5.73 Å². The van der Waals surface area contributed by atoms with Crippen LogP contribution in [0.1, 0.15) is 17.5 Å². The molecule has 0 atom stereocenters. The predicted molar refractivity (Wildman–Crippen MR) is 56.0 cm³/mol. The molecule has 1 aromatic carbocycles. The van der Waals surface area contributed by atoms with Crippen molar-refractivity contribution in [2.75, 3.05) is 6.54 Å². The summed E-state index contributed by atoms with van der Waals surface area (Å²) < 4.78 is 26.2. The smallest absolute Gasteiger partial charge is 0.260 e. The monoisotopic (exact) mass is 211 g/mol. The molecule has 1 nitrogen and oxygen atoms in total. The summed E-state index contributed by atoms with van der Waals surface area (Å²) in [5, 5.41) is 0. The van der Waals surface area contributed by atoms with E-state index in [1.807, 2.05) is 24.3 Å². The van der Waals surface area contributed by atoms with Crippen LogP contribution >= 0.6 is 0 Å². The molecule has 0 saturated heterocycles. The molecule has 0 aromatic heterocycles. The maximum Gasteiger partial charge on any atom is 0.260 e. The first-order valence-electron chi connectivity index (χ1n) is 5.25. The molecule has 0 saturated carbocycles. The van der Waals surface area contributed by atoms with Gasteiger partial charge in [-0.05, 0) is 29.9 Å². The first kappa shape index (κ1) is 10.6. The zero-order valence-electron chi connectivity index (χ0n) is 8.55. The largest absolute Gasteiger partial charge is 0.325 e. The van der Waals surface area contributed by atoms with Crippen LogP contribution in [-0.4, -0.2) is 12.5 Å². The summed E-state index contributed by atoms with van der Waals surface area (Å²) >= 11 is 0. The molecular weight excluding hydrogens is 196 g/mol. The molecule has 0 amide bonds. The Morgan fingerprint density at radius 1 is 1.20 bits per heavy atom. The lowest BCUT2D eigenvalue weighted by atomic mass is 9.98. The average molecular weight is 211 g/mol. The Morgan fingerprint density at radius 2 is 1.73 bits per heavy atom. The standard InChI is InChI=1S/C12H15F2N/c13-12(14,8-15)7-9-5-10-3-1-2-4-11(10)6-9/h1-4,9H,5-8,15H2. The Hall–Kier alpha value is -0.960. The summed E-state index contributed by atoms with van der Waals surface area (Å²) in [6.07, 6.45) is 1.45. The summed E-state index contributed by atoms with van der Waals surface area (Å²) in [7, 11) is 0. The molecule has 1 aliphatic carbocycles. The molecule has 0 aliphatic heterocycles. The van der Waals surface area contributed by atoms with Gasteiger partial charge in [-0.25, -0.2) is 8.78 Å². The van der Waals surface area contributed by atoms with E-state index in [4.69, 9.17) is 5.73 Å². The Bertz CT molecular complexity index is 324. The molecule has 0 radical (unpaired) electrons. The fourth-order valence-corrected chi connectivity index (χ4v) is 2.30.